The highest BCUT2D eigenvalue weighted by atomic mass is 16.5. The monoisotopic (exact) mass is 346 g/mol. The van der Waals surface area contributed by atoms with Gasteiger partial charge in [-0.3, -0.25) is 0 Å². The Labute approximate surface area is 153 Å². The molecule has 0 unspecified atom stereocenters. The molecule has 2 aliphatic rings. The Hall–Kier alpha value is -2.88. The van der Waals surface area contributed by atoms with E-state index < -0.39 is 5.60 Å². The quantitative estimate of drug-likeness (QED) is 0.773. The smallest absolute Gasteiger partial charge is 0.183 e. The van der Waals surface area contributed by atoms with E-state index in [1.165, 1.54) is 10.9 Å². The van der Waals surface area contributed by atoms with Crippen LogP contribution in [0.1, 0.15) is 23.6 Å². The van der Waals surface area contributed by atoms with Gasteiger partial charge in [-0.2, -0.15) is 0 Å². The van der Waals surface area contributed by atoms with Crippen LogP contribution in [0, 0.1) is 0 Å². The fraction of sp³-hybridized carbons (Fsp3) is 0.273. The summed E-state index contributed by atoms with van der Waals surface area (Å²) >= 11 is 0. The third-order valence-electron chi connectivity index (χ3n) is 5.84. The van der Waals surface area contributed by atoms with Crippen LogP contribution < -0.4 is 4.74 Å². The summed E-state index contributed by atoms with van der Waals surface area (Å²) < 4.78 is 12.4. The number of likely N-dealkylation sites (N-methyl/N-ethyl adjacent to an activating group) is 1. The topological polar surface area (TPSA) is 37.5 Å². The predicted octanol–water partition coefficient (Wildman–Crippen LogP) is 4.17. The molecule has 4 nitrogen and oxygen atoms in total. The molecule has 1 aromatic heterocycles. The summed E-state index contributed by atoms with van der Waals surface area (Å²) in [4.78, 5) is 5.81. The molecule has 1 aliphatic carbocycles. The van der Waals surface area contributed by atoms with Crippen LogP contribution in [-0.2, 0) is 16.8 Å². The summed E-state index contributed by atoms with van der Waals surface area (Å²) in [6.07, 6.45) is 6.96. The number of rotatable bonds is 3. The Morgan fingerprint density at radius 2 is 2.08 bits per heavy atom. The summed E-state index contributed by atoms with van der Waals surface area (Å²) in [5, 5.41) is 1.23. The number of nitrogens with zero attached hydrogens (tertiary/aromatic N) is 1. The van der Waals surface area contributed by atoms with E-state index in [1.807, 2.05) is 18.4 Å². The van der Waals surface area contributed by atoms with Crippen molar-refractivity contribution in [3.8, 4) is 5.75 Å². The molecular weight excluding hydrogens is 324 g/mol. The molecule has 3 aromatic rings. The maximum Gasteiger partial charge on any atom is 0.183 e. The highest BCUT2D eigenvalue weighted by molar-refractivity contribution is 5.91. The van der Waals surface area contributed by atoms with Gasteiger partial charge in [0.15, 0.2) is 5.60 Å². The summed E-state index contributed by atoms with van der Waals surface area (Å²) in [7, 11) is 1.74. The van der Waals surface area contributed by atoms with E-state index in [9.17, 15) is 0 Å². The number of benzene rings is 2. The van der Waals surface area contributed by atoms with Crippen LogP contribution in [0.2, 0.25) is 0 Å². The number of aromatic nitrogens is 1. The second-order valence-corrected chi connectivity index (χ2v) is 6.93. The minimum absolute atomic E-state index is 0.169. The van der Waals surface area contributed by atoms with Crippen molar-refractivity contribution in [2.45, 2.75) is 25.0 Å². The van der Waals surface area contributed by atoms with Crippen LogP contribution in [0.4, 0.5) is 0 Å². The van der Waals surface area contributed by atoms with Gasteiger partial charge in [-0.15, -0.1) is 0 Å². The third kappa shape index (κ3) is 1.84. The number of nitrogens with one attached hydrogen (secondary N) is 1. The van der Waals surface area contributed by atoms with Gasteiger partial charge in [-0.25, -0.2) is 0 Å². The van der Waals surface area contributed by atoms with Crippen LogP contribution in [0.25, 0.3) is 10.9 Å². The van der Waals surface area contributed by atoms with Crippen LogP contribution >= 0.6 is 0 Å². The van der Waals surface area contributed by atoms with Gasteiger partial charge in [0.05, 0.1) is 18.7 Å². The summed E-state index contributed by atoms with van der Waals surface area (Å²) in [5.41, 5.74) is 4.14. The molecule has 0 saturated carbocycles. The van der Waals surface area contributed by atoms with Gasteiger partial charge in [0.2, 0.25) is 0 Å². The lowest BCUT2D eigenvalue weighted by Gasteiger charge is -2.50. The lowest BCUT2D eigenvalue weighted by Crippen LogP contribution is -2.55. The largest absolute Gasteiger partial charge is 0.496 e. The van der Waals surface area contributed by atoms with E-state index >= 15 is 0 Å². The molecule has 1 aliphatic heterocycles. The molecule has 5 rings (SSSR count). The first-order chi connectivity index (χ1) is 12.8. The average Bonchev–Trinajstić information content (AvgIpc) is 3.12. The highest BCUT2D eigenvalue weighted by Crippen LogP contribution is 2.52. The van der Waals surface area contributed by atoms with Crippen molar-refractivity contribution in [1.29, 1.82) is 0 Å². The molecule has 0 bridgehead atoms. The molecule has 1 N–H and O–H groups in total. The standard InChI is InChI=1S/C22H22N2O2/c1-3-24-11-12-26-22(16-7-5-4-6-8-16)19(24)13-15-14-23-17-9-10-18(25-2)21(22)20(15)17/h4-12,14,19,23H,3,13H2,1-2H3/t19-,22+/m1/s1. The van der Waals surface area contributed by atoms with Crippen molar-refractivity contribution in [1.82, 2.24) is 9.88 Å². The SMILES string of the molecule is CCN1C=CO[C@]2(c3ccccc3)c3c(OC)ccc4[nH]cc(c34)C[C@@H]12. The molecule has 132 valence electrons. The van der Waals surface area contributed by atoms with E-state index in [1.54, 1.807) is 7.11 Å². The van der Waals surface area contributed by atoms with Crippen molar-refractivity contribution < 1.29 is 9.47 Å². The Balaban J connectivity index is 1.91. The first kappa shape index (κ1) is 15.4. The van der Waals surface area contributed by atoms with E-state index in [-0.39, 0.29) is 6.04 Å². The first-order valence-corrected chi connectivity index (χ1v) is 9.12. The number of hydrogen-bond donors (Lipinski definition) is 1. The fourth-order valence-electron chi connectivity index (χ4n) is 4.72. The molecule has 0 radical (unpaired) electrons. The van der Waals surface area contributed by atoms with Crippen LogP contribution in [-0.4, -0.2) is 29.6 Å². The van der Waals surface area contributed by atoms with Gasteiger partial charge in [0.25, 0.3) is 0 Å². The number of aromatic amines is 1. The average molecular weight is 346 g/mol. The van der Waals surface area contributed by atoms with Crippen molar-refractivity contribution in [2.75, 3.05) is 13.7 Å². The van der Waals surface area contributed by atoms with Crippen molar-refractivity contribution in [3.05, 3.63) is 77.8 Å². The van der Waals surface area contributed by atoms with Gasteiger partial charge >= 0.3 is 0 Å². The Bertz CT molecular complexity index is 992. The first-order valence-electron chi connectivity index (χ1n) is 9.12. The number of hydrogen-bond acceptors (Lipinski definition) is 3. The van der Waals surface area contributed by atoms with Gasteiger partial charge in [0, 0.05) is 35.4 Å². The van der Waals surface area contributed by atoms with Crippen molar-refractivity contribution >= 4 is 10.9 Å². The second-order valence-electron chi connectivity index (χ2n) is 6.93. The minimum Gasteiger partial charge on any atom is -0.496 e. The van der Waals surface area contributed by atoms with E-state index in [0.29, 0.717) is 0 Å². The Morgan fingerprint density at radius 3 is 2.85 bits per heavy atom. The zero-order valence-electron chi connectivity index (χ0n) is 15.0. The molecule has 0 fully saturated rings. The summed E-state index contributed by atoms with van der Waals surface area (Å²) in [6.45, 7) is 3.12. The molecule has 2 aromatic carbocycles. The van der Waals surface area contributed by atoms with Gasteiger partial charge in [-0.1, -0.05) is 30.3 Å². The Morgan fingerprint density at radius 1 is 1.23 bits per heavy atom. The van der Waals surface area contributed by atoms with Crippen molar-refractivity contribution in [3.63, 3.8) is 0 Å². The normalized spacial score (nSPS) is 23.6. The number of methoxy groups -OCH3 is 1. The lowest BCUT2D eigenvalue weighted by atomic mass is 9.70. The Kier molecular flexibility index (Phi) is 3.29. The van der Waals surface area contributed by atoms with Crippen molar-refractivity contribution in [2.24, 2.45) is 0 Å². The summed E-state index contributed by atoms with van der Waals surface area (Å²) in [6, 6.07) is 14.8. The third-order valence-corrected chi connectivity index (χ3v) is 5.84. The molecule has 0 amide bonds. The minimum atomic E-state index is -0.591. The molecular formula is C22H22N2O2. The van der Waals surface area contributed by atoms with Gasteiger partial charge in [0.1, 0.15) is 12.0 Å². The fourth-order valence-corrected chi connectivity index (χ4v) is 4.72. The maximum atomic E-state index is 6.53. The predicted molar refractivity (Wildman–Crippen MR) is 102 cm³/mol. The van der Waals surface area contributed by atoms with Crippen LogP contribution in [0.15, 0.2) is 61.1 Å². The van der Waals surface area contributed by atoms with Crippen LogP contribution in [0.5, 0.6) is 5.75 Å². The zero-order valence-corrected chi connectivity index (χ0v) is 15.0. The molecule has 2 atom stereocenters. The summed E-state index contributed by atoms with van der Waals surface area (Å²) in [5.74, 6) is 0.873. The van der Waals surface area contributed by atoms with Gasteiger partial charge < -0.3 is 19.4 Å². The van der Waals surface area contributed by atoms with Crippen LogP contribution in [0.3, 0.4) is 0 Å². The van der Waals surface area contributed by atoms with Gasteiger partial charge in [-0.05, 0) is 31.0 Å². The zero-order chi connectivity index (χ0) is 17.7. The maximum absolute atomic E-state index is 6.53. The number of ether oxygens (including phenoxy) is 2. The second kappa shape index (κ2) is 5.56. The molecule has 0 saturated heterocycles. The number of fused-ring (bicyclic) bond motifs is 2. The number of H-pyrrole nitrogens is 1. The molecule has 26 heavy (non-hydrogen) atoms. The molecule has 4 heteroatoms. The molecule has 2 heterocycles. The lowest BCUT2D eigenvalue weighted by molar-refractivity contribution is -0.0412. The van der Waals surface area contributed by atoms with E-state index in [0.717, 1.165) is 35.4 Å². The van der Waals surface area contributed by atoms with E-state index in [2.05, 4.69) is 59.5 Å². The van der Waals surface area contributed by atoms with E-state index in [4.69, 9.17) is 9.47 Å². The molecule has 0 spiro atoms. The highest BCUT2D eigenvalue weighted by Gasteiger charge is 2.53.